The molecule has 3 rings (SSSR count). The van der Waals surface area contributed by atoms with Crippen molar-refractivity contribution in [2.24, 2.45) is 5.92 Å². The molecule has 5 heteroatoms. The van der Waals surface area contributed by atoms with Crippen molar-refractivity contribution >= 4 is 11.8 Å². The summed E-state index contributed by atoms with van der Waals surface area (Å²) in [6.07, 6.45) is 4.48. The van der Waals surface area contributed by atoms with Crippen molar-refractivity contribution < 1.29 is 14.0 Å². The Morgan fingerprint density at radius 2 is 1.85 bits per heavy atom. The van der Waals surface area contributed by atoms with E-state index in [0.717, 1.165) is 32.2 Å². The van der Waals surface area contributed by atoms with Crippen LogP contribution in [0.1, 0.15) is 32.1 Å². The fraction of sp³-hybridized carbons (Fsp3) is 0.733. The first-order valence-electron chi connectivity index (χ1n) is 7.44. The summed E-state index contributed by atoms with van der Waals surface area (Å²) < 4.78 is 13.0. The Morgan fingerprint density at radius 1 is 1.20 bits per heavy atom. The molecule has 2 atom stereocenters. The van der Waals surface area contributed by atoms with Crippen LogP contribution in [-0.2, 0) is 9.59 Å². The minimum Gasteiger partial charge on any atom is -0.342 e. The van der Waals surface area contributed by atoms with E-state index >= 15 is 0 Å². The molecule has 0 N–H and O–H groups in total. The van der Waals surface area contributed by atoms with E-state index in [2.05, 4.69) is 6.58 Å². The minimum absolute atomic E-state index is 0.00621. The molecule has 0 aromatic heterocycles. The molecule has 0 aromatic carbocycles. The minimum atomic E-state index is -0.927. The second-order valence-electron chi connectivity index (χ2n) is 6.21. The van der Waals surface area contributed by atoms with Crippen molar-refractivity contribution in [3.63, 3.8) is 0 Å². The highest BCUT2D eigenvalue weighted by molar-refractivity contribution is 5.88. The van der Waals surface area contributed by atoms with Crippen LogP contribution < -0.4 is 0 Å². The molecule has 3 aliphatic rings. The first kappa shape index (κ1) is 13.6. The molecule has 2 heterocycles. The Bertz CT molecular complexity index is 443. The Hall–Kier alpha value is -1.39. The van der Waals surface area contributed by atoms with Gasteiger partial charge in [0.2, 0.25) is 11.8 Å². The molecule has 0 radical (unpaired) electrons. The van der Waals surface area contributed by atoms with Gasteiger partial charge in [-0.05, 0) is 38.2 Å². The van der Waals surface area contributed by atoms with Gasteiger partial charge in [0.1, 0.15) is 6.17 Å². The van der Waals surface area contributed by atoms with E-state index < -0.39 is 12.1 Å². The topological polar surface area (TPSA) is 40.6 Å². The van der Waals surface area contributed by atoms with Gasteiger partial charge in [0, 0.05) is 25.2 Å². The lowest BCUT2D eigenvalue weighted by atomic mass is 9.84. The van der Waals surface area contributed by atoms with Crippen LogP contribution >= 0.6 is 0 Å². The van der Waals surface area contributed by atoms with E-state index in [1.807, 2.05) is 4.90 Å². The third-order valence-corrected chi connectivity index (χ3v) is 5.07. The lowest BCUT2D eigenvalue weighted by molar-refractivity contribution is -0.137. The summed E-state index contributed by atoms with van der Waals surface area (Å²) in [7, 11) is 0. The Labute approximate surface area is 118 Å². The van der Waals surface area contributed by atoms with Crippen molar-refractivity contribution in [2.45, 2.75) is 43.8 Å². The summed E-state index contributed by atoms with van der Waals surface area (Å²) in [5.74, 6) is -0.432. The maximum Gasteiger partial charge on any atom is 0.246 e. The summed E-state index contributed by atoms with van der Waals surface area (Å²) >= 11 is 0. The van der Waals surface area contributed by atoms with Crippen LogP contribution in [0.15, 0.2) is 12.7 Å². The number of rotatable bonds is 2. The molecule has 1 spiro atoms. The fourth-order valence-corrected chi connectivity index (χ4v) is 3.71. The summed E-state index contributed by atoms with van der Waals surface area (Å²) in [6.45, 7) is 5.64. The number of likely N-dealkylation sites (tertiary alicyclic amines) is 2. The van der Waals surface area contributed by atoms with E-state index in [9.17, 15) is 14.0 Å². The molecule has 20 heavy (non-hydrogen) atoms. The van der Waals surface area contributed by atoms with Gasteiger partial charge in [-0.1, -0.05) is 6.58 Å². The second-order valence-corrected chi connectivity index (χ2v) is 6.21. The maximum absolute atomic E-state index is 13.0. The van der Waals surface area contributed by atoms with E-state index in [4.69, 9.17) is 0 Å². The highest BCUT2D eigenvalue weighted by atomic mass is 19.1. The third kappa shape index (κ3) is 2.13. The molecule has 2 saturated heterocycles. The number of nitrogens with zero attached hydrogens (tertiary/aromatic N) is 2. The summed E-state index contributed by atoms with van der Waals surface area (Å²) in [4.78, 5) is 27.7. The van der Waals surface area contributed by atoms with Gasteiger partial charge < -0.3 is 9.80 Å². The van der Waals surface area contributed by atoms with Crippen LogP contribution in [0.3, 0.4) is 0 Å². The van der Waals surface area contributed by atoms with Crippen LogP contribution in [0.2, 0.25) is 0 Å². The van der Waals surface area contributed by atoms with Crippen LogP contribution in [0, 0.1) is 5.92 Å². The molecule has 0 bridgehead atoms. The highest BCUT2D eigenvalue weighted by Gasteiger charge is 2.49. The molecular weight excluding hydrogens is 259 g/mol. The number of halogens is 1. The first-order valence-corrected chi connectivity index (χ1v) is 7.44. The first-order chi connectivity index (χ1) is 9.57. The van der Waals surface area contributed by atoms with E-state index in [1.54, 1.807) is 4.90 Å². The molecule has 1 aliphatic carbocycles. The van der Waals surface area contributed by atoms with Gasteiger partial charge in [-0.15, -0.1) is 0 Å². The molecule has 3 fully saturated rings. The SMILES string of the molecule is C=CC(=O)N1CCCC12CCN(C(=O)[C@@H]1C[C@@H]1F)CC2. The van der Waals surface area contributed by atoms with E-state index in [-0.39, 0.29) is 17.4 Å². The zero-order chi connectivity index (χ0) is 14.3. The van der Waals surface area contributed by atoms with Crippen LogP contribution in [0.5, 0.6) is 0 Å². The van der Waals surface area contributed by atoms with Crippen LogP contribution in [-0.4, -0.2) is 53.0 Å². The van der Waals surface area contributed by atoms with Gasteiger partial charge in [-0.25, -0.2) is 4.39 Å². The average molecular weight is 280 g/mol. The standard InChI is InChI=1S/C15H21FN2O2/c1-2-13(19)18-7-3-4-15(18)5-8-17(9-6-15)14(20)11-10-12(11)16/h2,11-12H,1,3-10H2/t11-,12+/m1/s1. The zero-order valence-electron chi connectivity index (χ0n) is 11.7. The predicted molar refractivity (Wildman–Crippen MR) is 72.7 cm³/mol. The zero-order valence-corrected chi connectivity index (χ0v) is 11.7. The Morgan fingerprint density at radius 3 is 2.40 bits per heavy atom. The summed E-state index contributed by atoms with van der Waals surface area (Å²) in [5, 5.41) is 0. The van der Waals surface area contributed by atoms with E-state index in [0.29, 0.717) is 19.5 Å². The third-order valence-electron chi connectivity index (χ3n) is 5.07. The van der Waals surface area contributed by atoms with Crippen molar-refractivity contribution in [3.8, 4) is 0 Å². The number of carbonyl (C=O) groups is 2. The predicted octanol–water partition coefficient (Wildman–Crippen LogP) is 1.51. The number of alkyl halides is 1. The molecule has 1 saturated carbocycles. The second kappa shape index (κ2) is 4.86. The molecule has 0 unspecified atom stereocenters. The van der Waals surface area contributed by atoms with Gasteiger partial charge in [-0.3, -0.25) is 9.59 Å². The number of hydrogen-bond acceptors (Lipinski definition) is 2. The van der Waals surface area contributed by atoms with Crippen molar-refractivity contribution in [1.82, 2.24) is 9.80 Å². The number of amides is 2. The number of piperidine rings is 1. The lowest BCUT2D eigenvalue weighted by Crippen LogP contribution is -2.54. The molecule has 0 aromatic rings. The van der Waals surface area contributed by atoms with Crippen LogP contribution in [0.25, 0.3) is 0 Å². The van der Waals surface area contributed by atoms with Crippen molar-refractivity contribution in [3.05, 3.63) is 12.7 Å². The molecule has 4 nitrogen and oxygen atoms in total. The molecule has 2 amide bonds. The quantitative estimate of drug-likeness (QED) is 0.720. The lowest BCUT2D eigenvalue weighted by Gasteiger charge is -2.44. The number of carbonyl (C=O) groups excluding carboxylic acids is 2. The normalized spacial score (nSPS) is 31.4. The largest absolute Gasteiger partial charge is 0.342 e. The summed E-state index contributed by atoms with van der Waals surface area (Å²) in [6, 6.07) is 0. The van der Waals surface area contributed by atoms with Crippen molar-refractivity contribution in [1.29, 1.82) is 0 Å². The monoisotopic (exact) mass is 280 g/mol. The Balaban J connectivity index is 1.63. The van der Waals surface area contributed by atoms with Gasteiger partial charge >= 0.3 is 0 Å². The smallest absolute Gasteiger partial charge is 0.246 e. The maximum atomic E-state index is 13.0. The van der Waals surface area contributed by atoms with E-state index in [1.165, 1.54) is 6.08 Å². The number of hydrogen-bond donors (Lipinski definition) is 0. The van der Waals surface area contributed by atoms with Gasteiger partial charge in [0.25, 0.3) is 0 Å². The van der Waals surface area contributed by atoms with Gasteiger partial charge in [0.05, 0.1) is 5.92 Å². The highest BCUT2D eigenvalue weighted by Crippen LogP contribution is 2.41. The molecule has 110 valence electrons. The summed E-state index contributed by atoms with van der Waals surface area (Å²) in [5.41, 5.74) is -0.0965. The fourth-order valence-electron chi connectivity index (χ4n) is 3.71. The van der Waals surface area contributed by atoms with Crippen molar-refractivity contribution in [2.75, 3.05) is 19.6 Å². The molecular formula is C15H21FN2O2. The van der Waals surface area contributed by atoms with Crippen LogP contribution in [0.4, 0.5) is 4.39 Å². The van der Waals surface area contributed by atoms with Gasteiger partial charge in [0.15, 0.2) is 0 Å². The Kier molecular flexibility index (Phi) is 3.30. The van der Waals surface area contributed by atoms with Gasteiger partial charge in [-0.2, -0.15) is 0 Å². The molecule has 2 aliphatic heterocycles. The average Bonchev–Trinajstić information content (AvgIpc) is 3.06.